The van der Waals surface area contributed by atoms with Gasteiger partial charge in [0.15, 0.2) is 0 Å². The molecule has 0 saturated carbocycles. The van der Waals surface area contributed by atoms with Crippen LogP contribution in [0.25, 0.3) is 0 Å². The molecule has 0 aromatic heterocycles. The second kappa shape index (κ2) is 15.1. The molecule has 0 aromatic carbocycles. The highest BCUT2D eigenvalue weighted by molar-refractivity contribution is 5.71. The zero-order chi connectivity index (χ0) is 18.2. The third-order valence-electron chi connectivity index (χ3n) is 3.37. The fourth-order valence-electron chi connectivity index (χ4n) is 2.06. The minimum absolute atomic E-state index is 0.0947. The molecule has 1 unspecified atom stereocenters. The van der Waals surface area contributed by atoms with Gasteiger partial charge in [-0.1, -0.05) is 13.0 Å². The predicted octanol–water partition coefficient (Wildman–Crippen LogP) is -0.480. The number of methoxy groups -OCH3 is 1. The van der Waals surface area contributed by atoms with Crippen molar-refractivity contribution in [2.24, 2.45) is 0 Å². The molecule has 1 N–H and O–H groups in total. The summed E-state index contributed by atoms with van der Waals surface area (Å²) < 4.78 is 14.6. The SMILES string of the molecule is C=CCOCC(O)CN(CCN(CC)CCOC=O)CC(=O)OC. The van der Waals surface area contributed by atoms with Gasteiger partial charge in [0.05, 0.1) is 33.0 Å². The van der Waals surface area contributed by atoms with Crippen LogP contribution < -0.4 is 0 Å². The maximum Gasteiger partial charge on any atom is 0.319 e. The molecule has 0 rings (SSSR count). The molecule has 0 radical (unpaired) electrons. The molecule has 0 aliphatic rings. The van der Waals surface area contributed by atoms with Crippen molar-refractivity contribution >= 4 is 12.4 Å². The lowest BCUT2D eigenvalue weighted by atomic mass is 10.3. The molecule has 0 bridgehead atoms. The molecule has 0 spiro atoms. The van der Waals surface area contributed by atoms with E-state index in [4.69, 9.17) is 14.2 Å². The van der Waals surface area contributed by atoms with Crippen LogP contribution in [0.2, 0.25) is 0 Å². The number of carbonyl (C=O) groups excluding carboxylic acids is 2. The van der Waals surface area contributed by atoms with Gasteiger partial charge in [-0.25, -0.2) is 0 Å². The van der Waals surface area contributed by atoms with E-state index >= 15 is 0 Å². The summed E-state index contributed by atoms with van der Waals surface area (Å²) in [6, 6.07) is 0. The summed E-state index contributed by atoms with van der Waals surface area (Å²) in [5.41, 5.74) is 0. The summed E-state index contributed by atoms with van der Waals surface area (Å²) in [5, 5.41) is 10.0. The van der Waals surface area contributed by atoms with Crippen molar-refractivity contribution in [2.75, 3.05) is 66.2 Å². The molecule has 8 heteroatoms. The maximum absolute atomic E-state index is 11.5. The number of aliphatic hydroxyl groups is 1. The highest BCUT2D eigenvalue weighted by Gasteiger charge is 2.16. The fraction of sp³-hybridized carbons (Fsp3) is 0.750. The molecule has 0 aromatic rings. The Morgan fingerprint density at radius 2 is 2.00 bits per heavy atom. The van der Waals surface area contributed by atoms with E-state index in [9.17, 15) is 14.7 Å². The van der Waals surface area contributed by atoms with Gasteiger partial charge in [-0.15, -0.1) is 6.58 Å². The number of hydrogen-bond acceptors (Lipinski definition) is 8. The van der Waals surface area contributed by atoms with E-state index in [0.717, 1.165) is 6.54 Å². The standard InChI is InChI=1S/C16H30N2O6/c1-4-9-23-13-15(20)11-18(12-16(21)22-3)7-6-17(5-2)8-10-24-14-19/h4,14-15,20H,1,5-13H2,2-3H3. The second-order valence-corrected chi connectivity index (χ2v) is 5.19. The van der Waals surface area contributed by atoms with Crippen LogP contribution in [0.5, 0.6) is 0 Å². The van der Waals surface area contributed by atoms with E-state index in [2.05, 4.69) is 11.5 Å². The first-order valence-corrected chi connectivity index (χ1v) is 8.00. The van der Waals surface area contributed by atoms with E-state index in [1.165, 1.54) is 7.11 Å². The van der Waals surface area contributed by atoms with Crippen LogP contribution >= 0.6 is 0 Å². The van der Waals surface area contributed by atoms with Crippen molar-refractivity contribution in [3.8, 4) is 0 Å². The van der Waals surface area contributed by atoms with Gasteiger partial charge in [-0.05, 0) is 6.54 Å². The van der Waals surface area contributed by atoms with Gasteiger partial charge in [0, 0.05) is 26.2 Å². The summed E-state index contributed by atoms with van der Waals surface area (Å²) >= 11 is 0. The van der Waals surface area contributed by atoms with E-state index in [1.807, 2.05) is 11.8 Å². The van der Waals surface area contributed by atoms with E-state index in [0.29, 0.717) is 45.9 Å². The number of hydrogen-bond donors (Lipinski definition) is 1. The Morgan fingerprint density at radius 1 is 1.29 bits per heavy atom. The summed E-state index contributed by atoms with van der Waals surface area (Å²) in [7, 11) is 1.33. The maximum atomic E-state index is 11.5. The number of nitrogens with zero attached hydrogens (tertiary/aromatic N) is 2. The van der Waals surface area contributed by atoms with Crippen molar-refractivity contribution in [2.45, 2.75) is 13.0 Å². The molecule has 0 fully saturated rings. The molecule has 0 amide bonds. The zero-order valence-corrected chi connectivity index (χ0v) is 14.7. The van der Waals surface area contributed by atoms with Crippen molar-refractivity contribution in [3.05, 3.63) is 12.7 Å². The molecule has 0 aliphatic heterocycles. The van der Waals surface area contributed by atoms with Crippen LogP contribution in [0, 0.1) is 0 Å². The van der Waals surface area contributed by atoms with Gasteiger partial charge in [-0.3, -0.25) is 19.4 Å². The Labute approximate surface area is 144 Å². The smallest absolute Gasteiger partial charge is 0.319 e. The van der Waals surface area contributed by atoms with Gasteiger partial charge in [-0.2, -0.15) is 0 Å². The minimum atomic E-state index is -0.705. The van der Waals surface area contributed by atoms with Gasteiger partial charge >= 0.3 is 5.97 Å². The minimum Gasteiger partial charge on any atom is -0.468 e. The van der Waals surface area contributed by atoms with Gasteiger partial charge in [0.2, 0.25) is 0 Å². The lowest BCUT2D eigenvalue weighted by Crippen LogP contribution is -2.43. The first kappa shape index (κ1) is 22.5. The van der Waals surface area contributed by atoms with Crippen LogP contribution in [-0.2, 0) is 23.8 Å². The van der Waals surface area contributed by atoms with Crippen LogP contribution in [0.15, 0.2) is 12.7 Å². The Morgan fingerprint density at radius 3 is 2.58 bits per heavy atom. The van der Waals surface area contributed by atoms with Crippen LogP contribution in [0.1, 0.15) is 6.92 Å². The van der Waals surface area contributed by atoms with Gasteiger partial charge in [0.1, 0.15) is 6.61 Å². The summed E-state index contributed by atoms with van der Waals surface area (Å²) in [6.07, 6.45) is 0.905. The molecule has 0 heterocycles. The molecular formula is C16H30N2O6. The van der Waals surface area contributed by atoms with Crippen molar-refractivity contribution in [1.29, 1.82) is 0 Å². The average molecular weight is 346 g/mol. The van der Waals surface area contributed by atoms with E-state index in [1.54, 1.807) is 6.08 Å². The number of aliphatic hydroxyl groups excluding tert-OH is 1. The number of rotatable bonds is 16. The third kappa shape index (κ3) is 12.0. The molecule has 24 heavy (non-hydrogen) atoms. The van der Waals surface area contributed by atoms with Crippen molar-refractivity contribution in [1.82, 2.24) is 9.80 Å². The molecule has 0 aliphatic carbocycles. The van der Waals surface area contributed by atoms with E-state index < -0.39 is 6.10 Å². The molecule has 1 atom stereocenters. The lowest BCUT2D eigenvalue weighted by molar-refractivity contribution is -0.142. The number of esters is 1. The first-order chi connectivity index (χ1) is 11.6. The molecule has 0 saturated heterocycles. The highest BCUT2D eigenvalue weighted by Crippen LogP contribution is 1.98. The fourth-order valence-corrected chi connectivity index (χ4v) is 2.06. The summed E-state index contributed by atoms with van der Waals surface area (Å²) in [5.74, 6) is -0.360. The van der Waals surface area contributed by atoms with Crippen molar-refractivity contribution in [3.63, 3.8) is 0 Å². The van der Waals surface area contributed by atoms with Gasteiger partial charge in [0.25, 0.3) is 6.47 Å². The monoisotopic (exact) mass is 346 g/mol. The third-order valence-corrected chi connectivity index (χ3v) is 3.37. The topological polar surface area (TPSA) is 88.5 Å². The van der Waals surface area contributed by atoms with E-state index in [-0.39, 0.29) is 19.1 Å². The second-order valence-electron chi connectivity index (χ2n) is 5.19. The van der Waals surface area contributed by atoms with Crippen LogP contribution in [0.4, 0.5) is 0 Å². The average Bonchev–Trinajstić information content (AvgIpc) is 2.57. The van der Waals surface area contributed by atoms with Gasteiger partial charge < -0.3 is 19.3 Å². The Kier molecular flexibility index (Phi) is 14.1. The molecular weight excluding hydrogens is 316 g/mol. The van der Waals surface area contributed by atoms with Crippen LogP contribution in [-0.4, -0.2) is 99.7 Å². The highest BCUT2D eigenvalue weighted by atomic mass is 16.5. The Hall–Kier alpha value is -1.48. The lowest BCUT2D eigenvalue weighted by Gasteiger charge is -2.27. The number of ether oxygens (including phenoxy) is 3. The molecule has 8 nitrogen and oxygen atoms in total. The first-order valence-electron chi connectivity index (χ1n) is 8.00. The van der Waals surface area contributed by atoms with Crippen LogP contribution in [0.3, 0.4) is 0 Å². The quantitative estimate of drug-likeness (QED) is 0.174. The number of likely N-dealkylation sites (N-methyl/N-ethyl adjacent to an activating group) is 1. The normalized spacial score (nSPS) is 12.2. The predicted molar refractivity (Wildman–Crippen MR) is 89.6 cm³/mol. The summed E-state index contributed by atoms with van der Waals surface area (Å²) in [4.78, 5) is 25.6. The largest absolute Gasteiger partial charge is 0.468 e. The summed E-state index contributed by atoms with van der Waals surface area (Å²) in [6.45, 7) is 9.89. The zero-order valence-electron chi connectivity index (χ0n) is 14.7. The van der Waals surface area contributed by atoms with Crippen molar-refractivity contribution < 1.29 is 28.9 Å². The Balaban J connectivity index is 4.38. The Bertz CT molecular complexity index is 353. The number of carbonyl (C=O) groups is 2. The molecule has 140 valence electrons.